The molecule has 2 rings (SSSR count). The van der Waals surface area contributed by atoms with Crippen LogP contribution in [0.25, 0.3) is 0 Å². The first kappa shape index (κ1) is 8.51. The Bertz CT molecular complexity index is 242. The molecule has 1 unspecified atom stereocenters. The van der Waals surface area contributed by atoms with Crippen molar-refractivity contribution < 1.29 is 0 Å². The zero-order chi connectivity index (χ0) is 8.93. The molecule has 0 aliphatic carbocycles. The number of hydrogen-bond acceptors (Lipinski definition) is 3. The second-order valence-corrected chi connectivity index (χ2v) is 3.41. The van der Waals surface area contributed by atoms with Crippen LogP contribution in [0.5, 0.6) is 0 Å². The SMILES string of the molecule is c1cc(NCC2CCCN2)ccn1. The van der Waals surface area contributed by atoms with Crippen molar-refractivity contribution in [3.8, 4) is 0 Å². The summed E-state index contributed by atoms with van der Waals surface area (Å²) >= 11 is 0. The van der Waals surface area contributed by atoms with E-state index >= 15 is 0 Å². The maximum Gasteiger partial charge on any atom is 0.0371 e. The summed E-state index contributed by atoms with van der Waals surface area (Å²) in [7, 11) is 0. The van der Waals surface area contributed by atoms with Gasteiger partial charge in [0.15, 0.2) is 0 Å². The van der Waals surface area contributed by atoms with Crippen molar-refractivity contribution in [2.75, 3.05) is 18.4 Å². The summed E-state index contributed by atoms with van der Waals surface area (Å²) in [6.07, 6.45) is 6.22. The predicted molar refractivity (Wildman–Crippen MR) is 53.8 cm³/mol. The Labute approximate surface area is 78.6 Å². The number of pyridine rings is 1. The summed E-state index contributed by atoms with van der Waals surface area (Å²) in [5, 5.41) is 6.83. The molecule has 1 fully saturated rings. The van der Waals surface area contributed by atoms with Crippen molar-refractivity contribution in [3.05, 3.63) is 24.5 Å². The van der Waals surface area contributed by atoms with Crippen molar-refractivity contribution >= 4 is 5.69 Å². The Balaban J connectivity index is 1.79. The quantitative estimate of drug-likeness (QED) is 0.729. The van der Waals surface area contributed by atoms with Crippen LogP contribution in [0.4, 0.5) is 5.69 Å². The summed E-state index contributed by atoms with van der Waals surface area (Å²) < 4.78 is 0. The van der Waals surface area contributed by atoms with E-state index in [0.717, 1.165) is 12.2 Å². The molecule has 0 aromatic carbocycles. The fourth-order valence-corrected chi connectivity index (χ4v) is 1.64. The Kier molecular flexibility index (Phi) is 2.77. The van der Waals surface area contributed by atoms with Crippen LogP contribution in [0.15, 0.2) is 24.5 Å². The molecule has 2 heterocycles. The molecular formula is C10H15N3. The smallest absolute Gasteiger partial charge is 0.0371 e. The summed E-state index contributed by atoms with van der Waals surface area (Å²) in [5.74, 6) is 0. The number of rotatable bonds is 3. The van der Waals surface area contributed by atoms with Crippen molar-refractivity contribution in [1.29, 1.82) is 0 Å². The number of nitrogens with zero attached hydrogens (tertiary/aromatic N) is 1. The molecule has 0 spiro atoms. The van der Waals surface area contributed by atoms with Gasteiger partial charge in [0, 0.05) is 30.7 Å². The number of anilines is 1. The Morgan fingerprint density at radius 2 is 2.31 bits per heavy atom. The van der Waals surface area contributed by atoms with Gasteiger partial charge in [-0.05, 0) is 31.5 Å². The van der Waals surface area contributed by atoms with Gasteiger partial charge < -0.3 is 10.6 Å². The minimum absolute atomic E-state index is 0.646. The average Bonchev–Trinajstić information content (AvgIpc) is 2.69. The Morgan fingerprint density at radius 3 is 3.00 bits per heavy atom. The van der Waals surface area contributed by atoms with Gasteiger partial charge in [-0.15, -0.1) is 0 Å². The lowest BCUT2D eigenvalue weighted by atomic mass is 10.2. The fourth-order valence-electron chi connectivity index (χ4n) is 1.64. The van der Waals surface area contributed by atoms with Crippen LogP contribution < -0.4 is 10.6 Å². The molecule has 1 saturated heterocycles. The number of hydrogen-bond donors (Lipinski definition) is 2. The molecule has 1 aromatic heterocycles. The van der Waals surface area contributed by atoms with E-state index in [-0.39, 0.29) is 0 Å². The van der Waals surface area contributed by atoms with Crippen LogP contribution in [-0.4, -0.2) is 24.1 Å². The molecule has 1 aliphatic rings. The summed E-state index contributed by atoms with van der Waals surface area (Å²) in [6.45, 7) is 2.19. The highest BCUT2D eigenvalue weighted by Crippen LogP contribution is 2.07. The van der Waals surface area contributed by atoms with E-state index in [1.807, 2.05) is 24.5 Å². The van der Waals surface area contributed by atoms with Crippen LogP contribution in [0, 0.1) is 0 Å². The van der Waals surface area contributed by atoms with Gasteiger partial charge in [0.1, 0.15) is 0 Å². The zero-order valence-electron chi connectivity index (χ0n) is 7.66. The topological polar surface area (TPSA) is 37.0 Å². The lowest BCUT2D eigenvalue weighted by Crippen LogP contribution is -2.29. The third-order valence-corrected chi connectivity index (χ3v) is 2.40. The van der Waals surface area contributed by atoms with E-state index in [4.69, 9.17) is 0 Å². The van der Waals surface area contributed by atoms with Crippen LogP contribution in [0.2, 0.25) is 0 Å². The van der Waals surface area contributed by atoms with Crippen LogP contribution in [-0.2, 0) is 0 Å². The van der Waals surface area contributed by atoms with E-state index < -0.39 is 0 Å². The standard InChI is InChI=1S/C10H15N3/c1-2-10(12-5-1)8-13-9-3-6-11-7-4-9/h3-4,6-7,10,12H,1-2,5,8H2,(H,11,13). The highest BCUT2D eigenvalue weighted by Gasteiger charge is 2.12. The largest absolute Gasteiger partial charge is 0.383 e. The van der Waals surface area contributed by atoms with Crippen molar-refractivity contribution in [3.63, 3.8) is 0 Å². The van der Waals surface area contributed by atoms with Crippen LogP contribution in [0.1, 0.15) is 12.8 Å². The van der Waals surface area contributed by atoms with E-state index in [1.54, 1.807) is 0 Å². The summed E-state index contributed by atoms with van der Waals surface area (Å²) in [4.78, 5) is 3.97. The maximum absolute atomic E-state index is 3.97. The highest BCUT2D eigenvalue weighted by atomic mass is 15.0. The first-order valence-corrected chi connectivity index (χ1v) is 4.82. The third kappa shape index (κ3) is 2.42. The molecule has 2 N–H and O–H groups in total. The van der Waals surface area contributed by atoms with Crippen LogP contribution >= 0.6 is 0 Å². The van der Waals surface area contributed by atoms with Crippen molar-refractivity contribution in [2.45, 2.75) is 18.9 Å². The van der Waals surface area contributed by atoms with Gasteiger partial charge in [-0.25, -0.2) is 0 Å². The second-order valence-electron chi connectivity index (χ2n) is 3.41. The first-order chi connectivity index (χ1) is 6.45. The monoisotopic (exact) mass is 177 g/mol. The molecule has 0 bridgehead atoms. The van der Waals surface area contributed by atoms with Gasteiger partial charge in [-0.2, -0.15) is 0 Å². The summed E-state index contributed by atoms with van der Waals surface area (Å²) in [5.41, 5.74) is 1.16. The Morgan fingerprint density at radius 1 is 1.46 bits per heavy atom. The van der Waals surface area contributed by atoms with E-state index in [0.29, 0.717) is 6.04 Å². The molecule has 70 valence electrons. The van der Waals surface area contributed by atoms with Gasteiger partial charge in [0.2, 0.25) is 0 Å². The Hall–Kier alpha value is -1.09. The van der Waals surface area contributed by atoms with Crippen LogP contribution in [0.3, 0.4) is 0 Å². The molecule has 0 amide bonds. The van der Waals surface area contributed by atoms with E-state index in [1.165, 1.54) is 19.4 Å². The molecule has 1 aliphatic heterocycles. The molecule has 0 saturated carbocycles. The minimum atomic E-state index is 0.646. The normalized spacial score (nSPS) is 21.7. The predicted octanol–water partition coefficient (Wildman–Crippen LogP) is 1.25. The molecular weight excluding hydrogens is 162 g/mol. The van der Waals surface area contributed by atoms with E-state index in [9.17, 15) is 0 Å². The van der Waals surface area contributed by atoms with E-state index in [2.05, 4.69) is 15.6 Å². The first-order valence-electron chi connectivity index (χ1n) is 4.82. The van der Waals surface area contributed by atoms with Gasteiger partial charge in [-0.3, -0.25) is 4.98 Å². The molecule has 1 aromatic rings. The number of aromatic nitrogens is 1. The van der Waals surface area contributed by atoms with Gasteiger partial charge >= 0.3 is 0 Å². The molecule has 0 radical (unpaired) electrons. The van der Waals surface area contributed by atoms with Crippen molar-refractivity contribution in [1.82, 2.24) is 10.3 Å². The highest BCUT2D eigenvalue weighted by molar-refractivity contribution is 5.40. The molecule has 3 heteroatoms. The van der Waals surface area contributed by atoms with Gasteiger partial charge in [0.05, 0.1) is 0 Å². The molecule has 1 atom stereocenters. The average molecular weight is 177 g/mol. The molecule has 13 heavy (non-hydrogen) atoms. The third-order valence-electron chi connectivity index (χ3n) is 2.40. The minimum Gasteiger partial charge on any atom is -0.383 e. The van der Waals surface area contributed by atoms with Crippen molar-refractivity contribution in [2.24, 2.45) is 0 Å². The second kappa shape index (κ2) is 4.23. The maximum atomic E-state index is 3.97. The molecule has 3 nitrogen and oxygen atoms in total. The zero-order valence-corrected chi connectivity index (χ0v) is 7.66. The van der Waals surface area contributed by atoms with Gasteiger partial charge in [-0.1, -0.05) is 0 Å². The fraction of sp³-hybridized carbons (Fsp3) is 0.500. The lowest BCUT2D eigenvalue weighted by molar-refractivity contribution is 0.633. The van der Waals surface area contributed by atoms with Gasteiger partial charge in [0.25, 0.3) is 0 Å². The lowest BCUT2D eigenvalue weighted by Gasteiger charge is -2.11. The summed E-state index contributed by atoms with van der Waals surface area (Å²) in [6, 6.07) is 4.64. The number of nitrogens with one attached hydrogen (secondary N) is 2.